The molecule has 0 radical (unpaired) electrons. The zero-order valence-electron chi connectivity index (χ0n) is 12.9. The average molecular weight is 272 g/mol. The van der Waals surface area contributed by atoms with Crippen LogP contribution in [0.4, 0.5) is 0 Å². The monoisotopic (exact) mass is 272 g/mol. The summed E-state index contributed by atoms with van der Waals surface area (Å²) < 4.78 is 0. The van der Waals surface area contributed by atoms with Gasteiger partial charge < -0.3 is 0 Å². The smallest absolute Gasteiger partial charge is 0.159 e. The first kappa shape index (κ1) is 15.0. The van der Waals surface area contributed by atoms with Crippen LogP contribution in [0.3, 0.4) is 0 Å². The van der Waals surface area contributed by atoms with Gasteiger partial charge in [-0.2, -0.15) is 0 Å². The SMILES string of the molecule is CC(=O)c1ccc(C2CCC(C(C)=O)CC2C)c(C)c1. The largest absolute Gasteiger partial charge is 0.300 e. The Bertz CT molecular complexity index is 530. The maximum Gasteiger partial charge on any atom is 0.159 e. The Morgan fingerprint density at radius 2 is 1.85 bits per heavy atom. The maximum atomic E-state index is 11.5. The highest BCUT2D eigenvalue weighted by atomic mass is 16.1. The van der Waals surface area contributed by atoms with E-state index in [2.05, 4.69) is 19.9 Å². The minimum absolute atomic E-state index is 0.119. The molecule has 108 valence electrons. The van der Waals surface area contributed by atoms with E-state index in [1.807, 2.05) is 12.1 Å². The molecule has 1 aromatic rings. The summed E-state index contributed by atoms with van der Waals surface area (Å²) in [5, 5.41) is 0. The fourth-order valence-electron chi connectivity index (χ4n) is 3.54. The lowest BCUT2D eigenvalue weighted by Gasteiger charge is -2.34. The van der Waals surface area contributed by atoms with Crippen LogP contribution in [0.2, 0.25) is 0 Å². The second kappa shape index (κ2) is 5.90. The average Bonchev–Trinajstić information content (AvgIpc) is 2.38. The van der Waals surface area contributed by atoms with Crippen molar-refractivity contribution in [2.45, 2.75) is 52.9 Å². The normalized spacial score (nSPS) is 26.3. The highest BCUT2D eigenvalue weighted by Gasteiger charge is 2.31. The molecule has 0 N–H and O–H groups in total. The topological polar surface area (TPSA) is 34.1 Å². The Labute approximate surface area is 121 Å². The summed E-state index contributed by atoms with van der Waals surface area (Å²) in [6.45, 7) is 7.66. The van der Waals surface area contributed by atoms with Gasteiger partial charge in [-0.1, -0.05) is 19.1 Å². The first-order chi connectivity index (χ1) is 9.40. The zero-order chi connectivity index (χ0) is 14.9. The number of carbonyl (C=O) groups is 2. The Hall–Kier alpha value is -1.44. The van der Waals surface area contributed by atoms with Gasteiger partial charge in [-0.05, 0) is 69.1 Å². The third kappa shape index (κ3) is 3.00. The Balaban J connectivity index is 2.20. The summed E-state index contributed by atoms with van der Waals surface area (Å²) >= 11 is 0. The molecule has 0 spiro atoms. The first-order valence-corrected chi connectivity index (χ1v) is 7.52. The van der Waals surface area contributed by atoms with Gasteiger partial charge in [0.2, 0.25) is 0 Å². The van der Waals surface area contributed by atoms with Gasteiger partial charge in [-0.15, -0.1) is 0 Å². The van der Waals surface area contributed by atoms with Gasteiger partial charge in [0, 0.05) is 11.5 Å². The van der Waals surface area contributed by atoms with Crippen LogP contribution in [0.25, 0.3) is 0 Å². The number of aryl methyl sites for hydroxylation is 1. The van der Waals surface area contributed by atoms with E-state index in [1.54, 1.807) is 13.8 Å². The van der Waals surface area contributed by atoms with E-state index in [0.29, 0.717) is 17.6 Å². The quantitative estimate of drug-likeness (QED) is 0.768. The number of Topliss-reactive ketones (excluding diaryl/α,β-unsaturated/α-hetero) is 2. The highest BCUT2D eigenvalue weighted by molar-refractivity contribution is 5.94. The molecule has 2 nitrogen and oxygen atoms in total. The number of ketones is 2. The molecule has 1 aromatic carbocycles. The fraction of sp³-hybridized carbons (Fsp3) is 0.556. The van der Waals surface area contributed by atoms with E-state index in [0.717, 1.165) is 24.8 Å². The van der Waals surface area contributed by atoms with Crippen molar-refractivity contribution < 1.29 is 9.59 Å². The Morgan fingerprint density at radius 3 is 2.35 bits per heavy atom. The summed E-state index contributed by atoms with van der Waals surface area (Å²) in [6, 6.07) is 6.05. The van der Waals surface area contributed by atoms with Crippen LogP contribution in [0, 0.1) is 18.8 Å². The lowest BCUT2D eigenvalue weighted by atomic mass is 9.70. The van der Waals surface area contributed by atoms with Crippen molar-refractivity contribution in [3.63, 3.8) is 0 Å². The molecule has 0 saturated heterocycles. The van der Waals surface area contributed by atoms with E-state index in [4.69, 9.17) is 0 Å². The molecule has 2 heteroatoms. The molecule has 0 bridgehead atoms. The second-order valence-electron chi connectivity index (χ2n) is 6.33. The zero-order valence-corrected chi connectivity index (χ0v) is 12.9. The number of hydrogen-bond acceptors (Lipinski definition) is 2. The van der Waals surface area contributed by atoms with Gasteiger partial charge in [-0.25, -0.2) is 0 Å². The predicted molar refractivity (Wildman–Crippen MR) is 81.1 cm³/mol. The van der Waals surface area contributed by atoms with Crippen LogP contribution in [0.1, 0.15) is 67.4 Å². The number of hydrogen-bond donors (Lipinski definition) is 0. The Morgan fingerprint density at radius 1 is 1.15 bits per heavy atom. The van der Waals surface area contributed by atoms with Crippen LogP contribution in [-0.4, -0.2) is 11.6 Å². The van der Waals surface area contributed by atoms with E-state index in [9.17, 15) is 9.59 Å². The summed E-state index contributed by atoms with van der Waals surface area (Å²) in [5.74, 6) is 1.75. The molecule has 20 heavy (non-hydrogen) atoms. The van der Waals surface area contributed by atoms with Crippen LogP contribution in [-0.2, 0) is 4.79 Å². The van der Waals surface area contributed by atoms with Gasteiger partial charge in [0.05, 0.1) is 0 Å². The summed E-state index contributed by atoms with van der Waals surface area (Å²) in [7, 11) is 0. The van der Waals surface area contributed by atoms with Crippen molar-refractivity contribution in [2.24, 2.45) is 11.8 Å². The molecule has 3 atom stereocenters. The van der Waals surface area contributed by atoms with E-state index >= 15 is 0 Å². The minimum atomic E-state index is 0.119. The third-order valence-corrected chi connectivity index (χ3v) is 4.82. The van der Waals surface area contributed by atoms with Crippen LogP contribution in [0.5, 0.6) is 0 Å². The molecule has 0 amide bonds. The molecule has 0 aliphatic heterocycles. The van der Waals surface area contributed by atoms with Crippen molar-refractivity contribution in [3.05, 3.63) is 34.9 Å². The number of benzene rings is 1. The molecular formula is C18H24O2. The van der Waals surface area contributed by atoms with Crippen molar-refractivity contribution >= 4 is 11.6 Å². The van der Waals surface area contributed by atoms with Crippen LogP contribution in [0.15, 0.2) is 18.2 Å². The molecule has 3 unspecified atom stereocenters. The summed E-state index contributed by atoms with van der Waals surface area (Å²) in [4.78, 5) is 23.0. The molecule has 1 aliphatic carbocycles. The van der Waals surface area contributed by atoms with Gasteiger partial charge in [0.25, 0.3) is 0 Å². The lowest BCUT2D eigenvalue weighted by Crippen LogP contribution is -2.25. The van der Waals surface area contributed by atoms with Gasteiger partial charge in [0.1, 0.15) is 5.78 Å². The molecule has 0 aromatic heterocycles. The predicted octanol–water partition coefficient (Wildman–Crippen LogP) is 4.31. The third-order valence-electron chi connectivity index (χ3n) is 4.82. The van der Waals surface area contributed by atoms with E-state index in [-0.39, 0.29) is 11.7 Å². The molecule has 0 heterocycles. The minimum Gasteiger partial charge on any atom is -0.300 e. The van der Waals surface area contributed by atoms with E-state index in [1.165, 1.54) is 11.1 Å². The molecule has 1 saturated carbocycles. The van der Waals surface area contributed by atoms with Gasteiger partial charge >= 0.3 is 0 Å². The summed E-state index contributed by atoms with van der Waals surface area (Å²) in [5.41, 5.74) is 3.34. The van der Waals surface area contributed by atoms with Crippen molar-refractivity contribution in [1.29, 1.82) is 0 Å². The highest BCUT2D eigenvalue weighted by Crippen LogP contribution is 2.41. The van der Waals surface area contributed by atoms with Crippen molar-refractivity contribution in [3.8, 4) is 0 Å². The second-order valence-corrected chi connectivity index (χ2v) is 6.33. The molecule has 2 rings (SSSR count). The summed E-state index contributed by atoms with van der Waals surface area (Å²) in [6.07, 6.45) is 3.07. The van der Waals surface area contributed by atoms with E-state index < -0.39 is 0 Å². The maximum absolute atomic E-state index is 11.5. The lowest BCUT2D eigenvalue weighted by molar-refractivity contribution is -0.122. The fourth-order valence-corrected chi connectivity index (χ4v) is 3.54. The Kier molecular flexibility index (Phi) is 4.42. The van der Waals surface area contributed by atoms with Crippen LogP contribution < -0.4 is 0 Å². The van der Waals surface area contributed by atoms with Crippen molar-refractivity contribution in [1.82, 2.24) is 0 Å². The number of rotatable bonds is 3. The number of carbonyl (C=O) groups excluding carboxylic acids is 2. The van der Waals surface area contributed by atoms with Gasteiger partial charge in [-0.3, -0.25) is 9.59 Å². The molecule has 1 fully saturated rings. The first-order valence-electron chi connectivity index (χ1n) is 7.52. The van der Waals surface area contributed by atoms with Crippen molar-refractivity contribution in [2.75, 3.05) is 0 Å². The van der Waals surface area contributed by atoms with Crippen LogP contribution >= 0.6 is 0 Å². The standard InChI is InChI=1S/C18H24O2/c1-11-9-15(13(3)19)5-7-17(11)18-8-6-16(14(4)20)10-12(18)2/h5,7,9,12,16,18H,6,8,10H2,1-4H3. The molecular weight excluding hydrogens is 248 g/mol. The molecule has 1 aliphatic rings. The van der Waals surface area contributed by atoms with Gasteiger partial charge in [0.15, 0.2) is 5.78 Å².